The molecule has 0 amide bonds. The van der Waals surface area contributed by atoms with E-state index in [0.717, 1.165) is 5.75 Å². The third-order valence-corrected chi connectivity index (χ3v) is 3.55. The zero-order valence-corrected chi connectivity index (χ0v) is 14.6. The minimum atomic E-state index is 0.645. The standard InChI is InChI=1S/C15H12OS.C2H7N.C2H6/c1-2-8-14-12(5-1)6-3-9-15(14)16-11-13-7-4-10-17-13;1-3-2;1-2/h1-10H,11H2;3H,1-2H3;1-2H3. The summed E-state index contributed by atoms with van der Waals surface area (Å²) in [7, 11) is 3.75. The third-order valence-electron chi connectivity index (χ3n) is 2.70. The van der Waals surface area contributed by atoms with Crippen LogP contribution in [0.2, 0.25) is 0 Å². The quantitative estimate of drug-likeness (QED) is 0.704. The van der Waals surface area contributed by atoms with Gasteiger partial charge in [-0.15, -0.1) is 11.3 Å². The predicted octanol–water partition coefficient (Wildman–Crippen LogP) is 5.34. The van der Waals surface area contributed by atoms with Crippen molar-refractivity contribution < 1.29 is 4.74 Å². The van der Waals surface area contributed by atoms with E-state index in [0.29, 0.717) is 6.61 Å². The molecule has 0 aliphatic heterocycles. The summed E-state index contributed by atoms with van der Waals surface area (Å²) >= 11 is 1.72. The topological polar surface area (TPSA) is 21.3 Å². The molecule has 0 spiro atoms. The summed E-state index contributed by atoms with van der Waals surface area (Å²) < 4.78 is 5.87. The molecule has 3 aromatic rings. The summed E-state index contributed by atoms with van der Waals surface area (Å²) in [5.74, 6) is 0.955. The largest absolute Gasteiger partial charge is 0.487 e. The lowest BCUT2D eigenvalue weighted by Crippen LogP contribution is -1.93. The van der Waals surface area contributed by atoms with E-state index < -0.39 is 0 Å². The zero-order chi connectivity index (χ0) is 16.2. The molecule has 0 unspecified atom stereocenters. The van der Waals surface area contributed by atoms with E-state index in [1.807, 2.05) is 58.3 Å². The number of nitrogens with one attached hydrogen (secondary N) is 1. The number of rotatable bonds is 3. The van der Waals surface area contributed by atoms with Gasteiger partial charge in [-0.3, -0.25) is 0 Å². The molecule has 0 fully saturated rings. The van der Waals surface area contributed by atoms with Gasteiger partial charge in [0, 0.05) is 10.3 Å². The van der Waals surface area contributed by atoms with E-state index in [1.54, 1.807) is 11.3 Å². The van der Waals surface area contributed by atoms with Gasteiger partial charge in [0.25, 0.3) is 0 Å². The number of hydrogen-bond acceptors (Lipinski definition) is 3. The van der Waals surface area contributed by atoms with E-state index in [1.165, 1.54) is 15.6 Å². The van der Waals surface area contributed by atoms with Crippen molar-refractivity contribution in [3.63, 3.8) is 0 Å². The molecule has 2 nitrogen and oxygen atoms in total. The van der Waals surface area contributed by atoms with Gasteiger partial charge in [-0.1, -0.05) is 56.3 Å². The van der Waals surface area contributed by atoms with Gasteiger partial charge >= 0.3 is 0 Å². The second kappa shape index (κ2) is 10.8. The normalized spacial score (nSPS) is 9.27. The van der Waals surface area contributed by atoms with Gasteiger partial charge in [0.05, 0.1) is 0 Å². The van der Waals surface area contributed by atoms with Gasteiger partial charge in [0.1, 0.15) is 12.4 Å². The van der Waals surface area contributed by atoms with Crippen molar-refractivity contribution >= 4 is 22.1 Å². The first-order valence-electron chi connectivity index (χ1n) is 7.56. The summed E-state index contributed by atoms with van der Waals surface area (Å²) in [5.41, 5.74) is 0. The average molecular weight is 315 g/mol. The Balaban J connectivity index is 0.000000435. The Labute approximate surface area is 137 Å². The fourth-order valence-electron chi connectivity index (χ4n) is 1.87. The van der Waals surface area contributed by atoms with Crippen LogP contribution in [0.15, 0.2) is 60.0 Å². The molecule has 0 saturated carbocycles. The lowest BCUT2D eigenvalue weighted by atomic mass is 10.1. The lowest BCUT2D eigenvalue weighted by Gasteiger charge is -2.08. The fourth-order valence-corrected chi connectivity index (χ4v) is 2.48. The number of benzene rings is 2. The maximum Gasteiger partial charge on any atom is 0.127 e. The Morgan fingerprint density at radius 3 is 2.27 bits per heavy atom. The zero-order valence-electron chi connectivity index (χ0n) is 13.8. The molecule has 1 N–H and O–H groups in total. The minimum absolute atomic E-state index is 0.645. The van der Waals surface area contributed by atoms with Crippen LogP contribution in [0.3, 0.4) is 0 Å². The molecule has 0 saturated heterocycles. The van der Waals surface area contributed by atoms with Gasteiger partial charge in [-0.25, -0.2) is 0 Å². The van der Waals surface area contributed by atoms with Crippen LogP contribution in [0.1, 0.15) is 18.7 Å². The van der Waals surface area contributed by atoms with Crippen LogP contribution in [0.4, 0.5) is 0 Å². The number of ether oxygens (including phenoxy) is 1. The molecule has 0 aliphatic rings. The van der Waals surface area contributed by atoms with E-state index in [-0.39, 0.29) is 0 Å². The lowest BCUT2D eigenvalue weighted by molar-refractivity contribution is 0.313. The summed E-state index contributed by atoms with van der Waals surface area (Å²) in [5, 5.41) is 7.21. The summed E-state index contributed by atoms with van der Waals surface area (Å²) in [6, 6.07) is 18.6. The molecule has 0 radical (unpaired) electrons. The Kier molecular flexibility index (Phi) is 8.96. The molecular weight excluding hydrogens is 290 g/mol. The van der Waals surface area contributed by atoms with Crippen molar-refractivity contribution in [2.75, 3.05) is 14.1 Å². The first-order chi connectivity index (χ1) is 10.8. The van der Waals surface area contributed by atoms with Gasteiger partial charge in [0.2, 0.25) is 0 Å². The third kappa shape index (κ3) is 5.51. The van der Waals surface area contributed by atoms with E-state index in [9.17, 15) is 0 Å². The Hall–Kier alpha value is -1.84. The van der Waals surface area contributed by atoms with Gasteiger partial charge in [0.15, 0.2) is 0 Å². The number of hydrogen-bond donors (Lipinski definition) is 1. The van der Waals surface area contributed by atoms with Crippen molar-refractivity contribution in [2.45, 2.75) is 20.5 Å². The van der Waals surface area contributed by atoms with Crippen LogP contribution >= 0.6 is 11.3 Å². The first kappa shape index (κ1) is 18.2. The Morgan fingerprint density at radius 2 is 1.59 bits per heavy atom. The molecular formula is C19H25NOS. The highest BCUT2D eigenvalue weighted by Crippen LogP contribution is 2.26. The predicted molar refractivity (Wildman–Crippen MR) is 98.9 cm³/mol. The second-order valence-corrected chi connectivity index (χ2v) is 5.38. The van der Waals surface area contributed by atoms with Crippen molar-refractivity contribution in [3.8, 4) is 5.75 Å². The molecule has 2 aromatic carbocycles. The second-order valence-electron chi connectivity index (χ2n) is 4.35. The maximum atomic E-state index is 5.87. The fraction of sp³-hybridized carbons (Fsp3) is 0.263. The van der Waals surface area contributed by atoms with Gasteiger partial charge in [-0.2, -0.15) is 0 Å². The van der Waals surface area contributed by atoms with Gasteiger partial charge in [-0.05, 0) is 37.0 Å². The van der Waals surface area contributed by atoms with Crippen molar-refractivity contribution in [2.24, 2.45) is 0 Å². The van der Waals surface area contributed by atoms with Crippen molar-refractivity contribution in [3.05, 3.63) is 64.9 Å². The Morgan fingerprint density at radius 1 is 0.909 bits per heavy atom. The monoisotopic (exact) mass is 315 g/mol. The summed E-state index contributed by atoms with van der Waals surface area (Å²) in [6.07, 6.45) is 0. The smallest absolute Gasteiger partial charge is 0.127 e. The highest BCUT2D eigenvalue weighted by Gasteiger charge is 2.01. The highest BCUT2D eigenvalue weighted by molar-refractivity contribution is 7.09. The highest BCUT2D eigenvalue weighted by atomic mass is 32.1. The molecule has 0 atom stereocenters. The molecule has 3 heteroatoms. The Bertz CT molecular complexity index is 629. The minimum Gasteiger partial charge on any atom is -0.487 e. The molecule has 118 valence electrons. The molecule has 1 heterocycles. The first-order valence-corrected chi connectivity index (χ1v) is 8.44. The van der Waals surface area contributed by atoms with Crippen LogP contribution in [0, 0.1) is 0 Å². The number of fused-ring (bicyclic) bond motifs is 1. The molecule has 3 rings (SSSR count). The van der Waals surface area contributed by atoms with Crippen molar-refractivity contribution in [1.82, 2.24) is 5.32 Å². The van der Waals surface area contributed by atoms with E-state index in [4.69, 9.17) is 4.74 Å². The summed E-state index contributed by atoms with van der Waals surface area (Å²) in [6.45, 7) is 4.64. The van der Waals surface area contributed by atoms with E-state index in [2.05, 4.69) is 35.0 Å². The number of thiophene rings is 1. The van der Waals surface area contributed by atoms with Crippen LogP contribution in [0.25, 0.3) is 10.8 Å². The SMILES string of the molecule is CC.CNC.c1csc(COc2cccc3ccccc23)c1. The van der Waals surface area contributed by atoms with Crippen LogP contribution in [-0.2, 0) is 6.61 Å². The summed E-state index contributed by atoms with van der Waals surface area (Å²) in [4.78, 5) is 1.25. The molecule has 1 aromatic heterocycles. The molecule has 0 aliphatic carbocycles. The van der Waals surface area contributed by atoms with Crippen LogP contribution in [0.5, 0.6) is 5.75 Å². The van der Waals surface area contributed by atoms with Crippen molar-refractivity contribution in [1.29, 1.82) is 0 Å². The molecule has 22 heavy (non-hydrogen) atoms. The van der Waals surface area contributed by atoms with E-state index >= 15 is 0 Å². The van der Waals surface area contributed by atoms with Gasteiger partial charge < -0.3 is 10.1 Å². The van der Waals surface area contributed by atoms with Crippen LogP contribution < -0.4 is 10.1 Å². The molecule has 0 bridgehead atoms. The average Bonchev–Trinajstić information content (AvgIpc) is 3.09. The van der Waals surface area contributed by atoms with Crippen LogP contribution in [-0.4, -0.2) is 14.1 Å². The maximum absolute atomic E-state index is 5.87.